The van der Waals surface area contributed by atoms with Gasteiger partial charge in [-0.05, 0) is 57.7 Å². The second-order valence-corrected chi connectivity index (χ2v) is 12.4. The number of hydrogen-bond acceptors (Lipinski definition) is 10. The lowest BCUT2D eigenvalue weighted by molar-refractivity contribution is -0.120. The Morgan fingerprint density at radius 1 is 1.06 bits per heavy atom. The molecule has 1 aliphatic heterocycles. The van der Waals surface area contributed by atoms with Gasteiger partial charge in [0.1, 0.15) is 22.3 Å². The Morgan fingerprint density at radius 2 is 1.70 bits per heavy atom. The van der Waals surface area contributed by atoms with E-state index in [0.717, 1.165) is 23.8 Å². The number of carbonyl (C=O) groups is 3. The van der Waals surface area contributed by atoms with E-state index in [2.05, 4.69) is 26.2 Å². The van der Waals surface area contributed by atoms with Gasteiger partial charge < -0.3 is 9.47 Å². The smallest absolute Gasteiger partial charge is 0.335 e. The molecule has 13 nitrogen and oxygen atoms in total. The number of benzene rings is 2. The number of anilines is 2. The fraction of sp³-hybridized carbons (Fsp3) is 0.267. The van der Waals surface area contributed by atoms with Gasteiger partial charge in [0.25, 0.3) is 21.8 Å². The number of ether oxygens (including phenoxy) is 2. The van der Waals surface area contributed by atoms with E-state index in [1.165, 1.54) is 31.4 Å². The van der Waals surface area contributed by atoms with Crippen molar-refractivity contribution in [2.24, 2.45) is 0 Å². The molecule has 0 spiro atoms. The summed E-state index contributed by atoms with van der Waals surface area (Å²) in [4.78, 5) is 49.1. The standard InChI is InChI=1S/C18H15ClFNO3.C12H12ClN5O4S/c1-3-10(2)24-16-9-15(14(20)8-13(16)19)21-17(22)11-6-4-5-7-12(11)18(21)23;1-7-14-10(17-12(15-7)22-2)16-11(19)18-23(20,21)9-6-4-3-5-8(9)13/h1,8-10H,4-7H2,2H3;3-6H,1-2H3,(H2,14,15,16,17,18,19). The molecule has 1 atom stereocenters. The van der Waals surface area contributed by atoms with Crippen molar-refractivity contribution >= 4 is 62.7 Å². The highest BCUT2D eigenvalue weighted by Crippen LogP contribution is 2.39. The average Bonchev–Trinajstić information content (AvgIpc) is 3.27. The van der Waals surface area contributed by atoms with Crippen LogP contribution in [0.4, 0.5) is 20.8 Å². The van der Waals surface area contributed by atoms with Gasteiger partial charge in [-0.1, -0.05) is 41.3 Å². The number of nitrogens with one attached hydrogen (secondary N) is 2. The zero-order chi connectivity index (χ0) is 34.5. The van der Waals surface area contributed by atoms with Crippen LogP contribution in [0.25, 0.3) is 0 Å². The number of amides is 4. The van der Waals surface area contributed by atoms with Crippen molar-refractivity contribution in [3.8, 4) is 24.1 Å². The Balaban J connectivity index is 0.000000213. The molecule has 3 aromatic rings. The van der Waals surface area contributed by atoms with Crippen LogP contribution >= 0.6 is 23.2 Å². The van der Waals surface area contributed by atoms with Crippen molar-refractivity contribution in [2.75, 3.05) is 17.3 Å². The third-order valence-corrected chi connectivity index (χ3v) is 8.79. The predicted octanol–water partition coefficient (Wildman–Crippen LogP) is 4.98. The summed E-state index contributed by atoms with van der Waals surface area (Å²) in [6.45, 7) is 3.19. The minimum atomic E-state index is -4.13. The molecule has 0 radical (unpaired) electrons. The quantitative estimate of drug-likeness (QED) is 0.253. The number of rotatable bonds is 7. The number of carbonyl (C=O) groups excluding carboxylic acids is 3. The van der Waals surface area contributed by atoms with Gasteiger partial charge in [0.15, 0.2) is 6.10 Å². The van der Waals surface area contributed by atoms with Gasteiger partial charge in [0, 0.05) is 17.2 Å². The van der Waals surface area contributed by atoms with Crippen LogP contribution in [0, 0.1) is 25.1 Å². The van der Waals surface area contributed by atoms with E-state index in [1.807, 2.05) is 4.72 Å². The fourth-order valence-corrected chi connectivity index (χ4v) is 6.16. The molecule has 2 heterocycles. The third kappa shape index (κ3) is 8.15. The highest BCUT2D eigenvalue weighted by molar-refractivity contribution is 7.90. The second-order valence-electron chi connectivity index (χ2n) is 9.95. The molecule has 1 aromatic heterocycles. The van der Waals surface area contributed by atoms with Crippen LogP contribution in [0.5, 0.6) is 11.8 Å². The Morgan fingerprint density at radius 3 is 2.30 bits per heavy atom. The highest BCUT2D eigenvalue weighted by Gasteiger charge is 2.41. The Bertz CT molecular complexity index is 1910. The third-order valence-electron chi connectivity index (χ3n) is 6.66. The zero-order valence-electron chi connectivity index (χ0n) is 25.1. The predicted molar refractivity (Wildman–Crippen MR) is 170 cm³/mol. The van der Waals surface area contributed by atoms with Gasteiger partial charge in [-0.25, -0.2) is 27.2 Å². The molecule has 4 amide bonds. The fourth-order valence-electron chi connectivity index (χ4n) is 4.53. The first-order valence-electron chi connectivity index (χ1n) is 13.8. The molecular formula is C30H27Cl2FN6O7S. The van der Waals surface area contributed by atoms with Crippen LogP contribution in [0.1, 0.15) is 38.4 Å². The maximum Gasteiger partial charge on any atom is 0.335 e. The summed E-state index contributed by atoms with van der Waals surface area (Å²) in [5.41, 5.74) is 0.808. The summed E-state index contributed by atoms with van der Waals surface area (Å²) in [6.07, 6.45) is 7.47. The van der Waals surface area contributed by atoms with Gasteiger partial charge in [0.2, 0.25) is 5.95 Å². The number of aryl methyl sites for hydroxylation is 1. The van der Waals surface area contributed by atoms with Gasteiger partial charge in [-0.3, -0.25) is 14.9 Å². The first-order valence-corrected chi connectivity index (χ1v) is 16.1. The molecule has 2 N–H and O–H groups in total. The van der Waals surface area contributed by atoms with Crippen LogP contribution in [-0.2, 0) is 19.6 Å². The minimum Gasteiger partial charge on any atom is -0.476 e. The molecule has 0 bridgehead atoms. The van der Waals surface area contributed by atoms with Crippen LogP contribution in [0.15, 0.2) is 52.4 Å². The SMILES string of the molecule is C#CC(C)Oc1cc(N2C(=O)C3=C(CCCC3)C2=O)c(F)cc1Cl.COc1nc(C)nc(NC(=O)NS(=O)(=O)c2ccccc2Cl)n1. The van der Waals surface area contributed by atoms with E-state index < -0.39 is 39.8 Å². The van der Waals surface area contributed by atoms with Crippen molar-refractivity contribution < 1.29 is 36.7 Å². The summed E-state index contributed by atoms with van der Waals surface area (Å²) in [5, 5.41) is 2.20. The molecule has 0 saturated carbocycles. The number of nitrogens with zero attached hydrogens (tertiary/aromatic N) is 4. The molecule has 2 aromatic carbocycles. The van der Waals surface area contributed by atoms with Gasteiger partial charge in [-0.2, -0.15) is 15.0 Å². The second kappa shape index (κ2) is 14.8. The van der Waals surface area contributed by atoms with Crippen LogP contribution < -0.4 is 24.4 Å². The number of terminal acetylenes is 1. The number of halogens is 3. The van der Waals surface area contributed by atoms with Crippen molar-refractivity contribution in [2.45, 2.75) is 50.5 Å². The zero-order valence-corrected chi connectivity index (χ0v) is 27.5. The van der Waals surface area contributed by atoms with Crippen molar-refractivity contribution in [3.63, 3.8) is 0 Å². The van der Waals surface area contributed by atoms with Crippen LogP contribution in [-0.4, -0.2) is 54.4 Å². The lowest BCUT2D eigenvalue weighted by Crippen LogP contribution is -2.35. The molecule has 2 aliphatic rings. The highest BCUT2D eigenvalue weighted by atomic mass is 35.5. The normalized spacial score (nSPS) is 14.8. The summed E-state index contributed by atoms with van der Waals surface area (Å²) < 4.78 is 50.7. The van der Waals surface area contributed by atoms with E-state index >= 15 is 0 Å². The van der Waals surface area contributed by atoms with Crippen molar-refractivity contribution in [1.82, 2.24) is 19.7 Å². The maximum atomic E-state index is 14.4. The van der Waals surface area contributed by atoms with E-state index in [4.69, 9.17) is 39.1 Å². The van der Waals surface area contributed by atoms with E-state index in [9.17, 15) is 27.2 Å². The number of imide groups is 1. The molecule has 5 rings (SSSR count). The van der Waals surface area contributed by atoms with E-state index in [-0.39, 0.29) is 38.3 Å². The molecular weight excluding hydrogens is 678 g/mol. The minimum absolute atomic E-state index is 0.00882. The monoisotopic (exact) mass is 704 g/mol. The molecule has 246 valence electrons. The molecule has 47 heavy (non-hydrogen) atoms. The van der Waals surface area contributed by atoms with Crippen LogP contribution in [0.3, 0.4) is 0 Å². The Kier molecular flexibility index (Phi) is 11.0. The number of methoxy groups -OCH3 is 1. The first-order chi connectivity index (χ1) is 22.2. The summed E-state index contributed by atoms with van der Waals surface area (Å²) >= 11 is 11.8. The lowest BCUT2D eigenvalue weighted by Gasteiger charge is -2.19. The Labute approximate surface area is 279 Å². The topological polar surface area (TPSA) is 170 Å². The molecule has 0 saturated heterocycles. The van der Waals surface area contributed by atoms with Gasteiger partial charge in [0.05, 0.1) is 22.8 Å². The largest absolute Gasteiger partial charge is 0.476 e. The number of sulfonamides is 1. The van der Waals surface area contributed by atoms with Crippen LogP contribution in [0.2, 0.25) is 10.0 Å². The van der Waals surface area contributed by atoms with Gasteiger partial charge in [-0.15, -0.1) is 6.42 Å². The Hall–Kier alpha value is -4.78. The van der Waals surface area contributed by atoms with E-state index in [0.29, 0.717) is 29.8 Å². The van der Waals surface area contributed by atoms with Gasteiger partial charge >= 0.3 is 12.0 Å². The lowest BCUT2D eigenvalue weighted by atomic mass is 9.93. The van der Waals surface area contributed by atoms with Crippen molar-refractivity contribution in [1.29, 1.82) is 0 Å². The first kappa shape index (κ1) is 35.1. The number of urea groups is 1. The average molecular weight is 706 g/mol. The number of hydrogen-bond donors (Lipinski definition) is 2. The van der Waals surface area contributed by atoms with E-state index in [1.54, 1.807) is 19.9 Å². The summed E-state index contributed by atoms with van der Waals surface area (Å²) in [6, 6.07) is 6.94. The molecule has 17 heteroatoms. The summed E-state index contributed by atoms with van der Waals surface area (Å²) in [5.74, 6) is 0.948. The molecule has 0 fully saturated rings. The molecule has 1 aliphatic carbocycles. The number of aromatic nitrogens is 3. The maximum absolute atomic E-state index is 14.4. The molecule has 1 unspecified atom stereocenters. The summed E-state index contributed by atoms with van der Waals surface area (Å²) in [7, 11) is -2.78. The van der Waals surface area contributed by atoms with Crippen molar-refractivity contribution in [3.05, 3.63) is 69.2 Å².